The van der Waals surface area contributed by atoms with Crippen LogP contribution < -0.4 is 10.9 Å². The van der Waals surface area contributed by atoms with E-state index in [1.165, 1.54) is 15.9 Å². The summed E-state index contributed by atoms with van der Waals surface area (Å²) in [5, 5.41) is 13.8. The SMILES string of the molecule is Cn1c(SCC(=O)Nc2ccc([N+](=O)[O-])cc2C(F)(F)F)nc2sc3c(c2c1=O)CCCC3. The molecule has 2 heterocycles. The first-order chi connectivity index (χ1) is 15.6. The summed E-state index contributed by atoms with van der Waals surface area (Å²) in [4.78, 5) is 41.4. The normalized spacial score (nSPS) is 13.7. The maximum absolute atomic E-state index is 13.3. The third-order valence-corrected chi connectivity index (χ3v) is 7.50. The van der Waals surface area contributed by atoms with Gasteiger partial charge in [0.15, 0.2) is 5.16 Å². The monoisotopic (exact) mass is 498 g/mol. The first-order valence-corrected chi connectivity index (χ1v) is 11.7. The van der Waals surface area contributed by atoms with E-state index in [0.717, 1.165) is 60.0 Å². The van der Waals surface area contributed by atoms with Gasteiger partial charge in [-0.1, -0.05) is 11.8 Å². The molecular weight excluding hydrogens is 481 g/mol. The number of nitrogens with zero attached hydrogens (tertiary/aromatic N) is 3. The molecule has 0 spiro atoms. The maximum atomic E-state index is 13.3. The molecule has 0 saturated heterocycles. The summed E-state index contributed by atoms with van der Waals surface area (Å²) in [6.45, 7) is 0. The third-order valence-electron chi connectivity index (χ3n) is 5.28. The van der Waals surface area contributed by atoms with Crippen LogP contribution in [-0.2, 0) is 30.9 Å². The predicted molar refractivity (Wildman–Crippen MR) is 119 cm³/mol. The van der Waals surface area contributed by atoms with Gasteiger partial charge in [0, 0.05) is 24.1 Å². The summed E-state index contributed by atoms with van der Waals surface area (Å²) >= 11 is 2.39. The van der Waals surface area contributed by atoms with Gasteiger partial charge in [0.25, 0.3) is 11.2 Å². The van der Waals surface area contributed by atoms with Crippen molar-refractivity contribution in [3.05, 3.63) is 54.7 Å². The summed E-state index contributed by atoms with van der Waals surface area (Å²) in [7, 11) is 1.54. The minimum atomic E-state index is -4.89. The molecule has 8 nitrogen and oxygen atoms in total. The zero-order valence-electron chi connectivity index (χ0n) is 17.2. The lowest BCUT2D eigenvalue weighted by Gasteiger charge is -2.14. The molecule has 174 valence electrons. The topological polar surface area (TPSA) is 107 Å². The number of carbonyl (C=O) groups is 1. The number of non-ortho nitro benzene ring substituents is 1. The van der Waals surface area contributed by atoms with E-state index in [1.807, 2.05) is 0 Å². The number of alkyl halides is 3. The standard InChI is InChI=1S/C20H17F3N4O4S2/c1-26-18(29)16-11-4-2-3-5-14(11)33-17(16)25-19(26)32-9-15(28)24-13-7-6-10(27(30)31)8-12(13)20(21,22)23/h6-8H,2-5,9H2,1H3,(H,24,28). The van der Waals surface area contributed by atoms with Crippen LogP contribution in [-0.4, -0.2) is 26.1 Å². The number of carbonyl (C=O) groups excluding carboxylic acids is 1. The van der Waals surface area contributed by atoms with E-state index in [9.17, 15) is 32.9 Å². The fourth-order valence-electron chi connectivity index (χ4n) is 3.70. The van der Waals surface area contributed by atoms with Gasteiger partial charge in [0.1, 0.15) is 4.83 Å². The number of nitrogens with one attached hydrogen (secondary N) is 1. The lowest BCUT2D eigenvalue weighted by Crippen LogP contribution is -2.22. The molecular formula is C20H17F3N4O4S2. The second-order valence-electron chi connectivity index (χ2n) is 7.47. The van der Waals surface area contributed by atoms with Crippen LogP contribution in [0.4, 0.5) is 24.5 Å². The molecule has 0 atom stereocenters. The van der Waals surface area contributed by atoms with E-state index in [2.05, 4.69) is 10.3 Å². The highest BCUT2D eigenvalue weighted by Gasteiger charge is 2.35. The van der Waals surface area contributed by atoms with Gasteiger partial charge in [-0.15, -0.1) is 11.3 Å². The van der Waals surface area contributed by atoms with E-state index >= 15 is 0 Å². The first-order valence-electron chi connectivity index (χ1n) is 9.86. The van der Waals surface area contributed by atoms with Crippen LogP contribution in [0.1, 0.15) is 28.8 Å². The number of hydrogen-bond acceptors (Lipinski definition) is 7. The fourth-order valence-corrected chi connectivity index (χ4v) is 5.78. The number of aryl methyl sites for hydroxylation is 2. The van der Waals surface area contributed by atoms with Gasteiger partial charge in [0.05, 0.1) is 27.3 Å². The van der Waals surface area contributed by atoms with E-state index in [0.29, 0.717) is 16.3 Å². The van der Waals surface area contributed by atoms with Crippen molar-refractivity contribution in [2.24, 2.45) is 7.05 Å². The molecule has 1 aromatic carbocycles. The molecule has 1 N–H and O–H groups in total. The van der Waals surface area contributed by atoms with Gasteiger partial charge in [0.2, 0.25) is 5.91 Å². The Bertz CT molecular complexity index is 1330. The summed E-state index contributed by atoms with van der Waals surface area (Å²) in [5.74, 6) is -1.07. The molecule has 0 radical (unpaired) electrons. The highest BCUT2D eigenvalue weighted by molar-refractivity contribution is 7.99. The highest BCUT2D eigenvalue weighted by atomic mass is 32.2. The summed E-state index contributed by atoms with van der Waals surface area (Å²) < 4.78 is 41.3. The van der Waals surface area contributed by atoms with Crippen LogP contribution in [0.5, 0.6) is 0 Å². The fraction of sp³-hybridized carbons (Fsp3) is 0.350. The number of nitro groups is 1. The molecule has 0 fully saturated rings. The molecule has 33 heavy (non-hydrogen) atoms. The lowest BCUT2D eigenvalue weighted by atomic mass is 9.97. The summed E-state index contributed by atoms with van der Waals surface area (Å²) in [6, 6.07) is 2.11. The number of anilines is 1. The van der Waals surface area contributed by atoms with E-state index in [-0.39, 0.29) is 16.5 Å². The number of benzene rings is 1. The van der Waals surface area contributed by atoms with Gasteiger partial charge in [-0.25, -0.2) is 4.98 Å². The number of hydrogen-bond donors (Lipinski definition) is 1. The zero-order chi connectivity index (χ0) is 23.9. The second-order valence-corrected chi connectivity index (χ2v) is 9.50. The largest absolute Gasteiger partial charge is 0.418 e. The number of aromatic nitrogens is 2. The van der Waals surface area contributed by atoms with Crippen LogP contribution >= 0.6 is 23.1 Å². The Morgan fingerprint density at radius 3 is 2.76 bits per heavy atom. The Hall–Kier alpha value is -2.93. The number of thiophene rings is 1. The van der Waals surface area contributed by atoms with Crippen molar-refractivity contribution >= 4 is 50.6 Å². The molecule has 0 unspecified atom stereocenters. The smallest absolute Gasteiger partial charge is 0.325 e. The van der Waals surface area contributed by atoms with Gasteiger partial charge >= 0.3 is 6.18 Å². The van der Waals surface area contributed by atoms with Gasteiger partial charge in [-0.2, -0.15) is 13.2 Å². The van der Waals surface area contributed by atoms with Crippen LogP contribution in [0.3, 0.4) is 0 Å². The van der Waals surface area contributed by atoms with Gasteiger partial charge in [-0.3, -0.25) is 24.3 Å². The Morgan fingerprint density at radius 1 is 1.33 bits per heavy atom. The molecule has 0 bridgehead atoms. The molecule has 2 aromatic heterocycles. The lowest BCUT2D eigenvalue weighted by molar-refractivity contribution is -0.385. The molecule has 13 heteroatoms. The first kappa shape index (κ1) is 23.2. The van der Waals surface area contributed by atoms with Crippen molar-refractivity contribution in [1.82, 2.24) is 9.55 Å². The van der Waals surface area contributed by atoms with Crippen molar-refractivity contribution < 1.29 is 22.9 Å². The molecule has 3 aromatic rings. The number of rotatable bonds is 5. The zero-order valence-corrected chi connectivity index (χ0v) is 18.8. The quantitative estimate of drug-likeness (QED) is 0.240. The summed E-state index contributed by atoms with van der Waals surface area (Å²) in [6.07, 6.45) is -1.08. The van der Waals surface area contributed by atoms with Gasteiger partial charge < -0.3 is 5.32 Å². The Labute approximate surface area is 193 Å². The van der Waals surface area contributed by atoms with E-state index in [1.54, 1.807) is 7.05 Å². The Balaban J connectivity index is 1.55. The van der Waals surface area contributed by atoms with Crippen LogP contribution in [0.15, 0.2) is 28.2 Å². The number of amides is 1. The minimum Gasteiger partial charge on any atom is -0.325 e. The van der Waals surface area contributed by atoms with Crippen molar-refractivity contribution in [2.75, 3.05) is 11.1 Å². The molecule has 1 aliphatic rings. The van der Waals surface area contributed by atoms with Crippen molar-refractivity contribution in [3.8, 4) is 0 Å². The Morgan fingerprint density at radius 2 is 2.06 bits per heavy atom. The number of halogens is 3. The van der Waals surface area contributed by atoms with E-state index < -0.39 is 33.9 Å². The Kier molecular flexibility index (Phi) is 6.18. The van der Waals surface area contributed by atoms with Crippen LogP contribution in [0.2, 0.25) is 0 Å². The van der Waals surface area contributed by atoms with Crippen LogP contribution in [0.25, 0.3) is 10.2 Å². The molecule has 4 rings (SSSR count). The number of nitro benzene ring substituents is 1. The van der Waals surface area contributed by atoms with Gasteiger partial charge in [-0.05, 0) is 37.3 Å². The maximum Gasteiger partial charge on any atom is 0.418 e. The molecule has 0 saturated carbocycles. The minimum absolute atomic E-state index is 0.211. The molecule has 1 aliphatic carbocycles. The van der Waals surface area contributed by atoms with Crippen molar-refractivity contribution in [1.29, 1.82) is 0 Å². The average molecular weight is 499 g/mol. The molecule has 0 aliphatic heterocycles. The molecule has 1 amide bonds. The predicted octanol–water partition coefficient (Wildman–Crippen LogP) is 4.53. The number of thioether (sulfide) groups is 1. The third kappa shape index (κ3) is 4.60. The average Bonchev–Trinajstić information content (AvgIpc) is 3.13. The number of fused-ring (bicyclic) bond motifs is 3. The highest BCUT2D eigenvalue weighted by Crippen LogP contribution is 2.37. The van der Waals surface area contributed by atoms with E-state index in [4.69, 9.17) is 0 Å². The van der Waals surface area contributed by atoms with Crippen LogP contribution in [0, 0.1) is 10.1 Å². The van der Waals surface area contributed by atoms with Crippen molar-refractivity contribution in [3.63, 3.8) is 0 Å². The second kappa shape index (κ2) is 8.78. The summed E-state index contributed by atoms with van der Waals surface area (Å²) in [5.41, 5.74) is -1.80. The van der Waals surface area contributed by atoms with Crippen molar-refractivity contribution in [2.45, 2.75) is 37.0 Å².